The van der Waals surface area contributed by atoms with Crippen LogP contribution in [0.3, 0.4) is 0 Å². The molecule has 1 saturated carbocycles. The molecule has 7 nitrogen and oxygen atoms in total. The first-order valence-electron chi connectivity index (χ1n) is 13.4. The van der Waals surface area contributed by atoms with Crippen molar-refractivity contribution in [1.82, 2.24) is 14.9 Å². The number of hydrogen-bond acceptors (Lipinski definition) is 5. The molecular weight excluding hydrogens is 517 g/mol. The molecule has 1 aliphatic carbocycles. The van der Waals surface area contributed by atoms with E-state index in [4.69, 9.17) is 9.72 Å². The summed E-state index contributed by atoms with van der Waals surface area (Å²) < 4.78 is 45.9. The third kappa shape index (κ3) is 4.69. The van der Waals surface area contributed by atoms with Gasteiger partial charge >= 0.3 is 0 Å². The summed E-state index contributed by atoms with van der Waals surface area (Å²) in [4.78, 5) is 23.1. The SMILES string of the molecule is CCc1c(C(=O)N2CCOc3ccc(-c4ccc5nc(C6CC6)[nH]c5c4)cc3C2)ccc(S(=O)(=O)CC)c1F. The van der Waals surface area contributed by atoms with Crippen LogP contribution < -0.4 is 4.74 Å². The maximum atomic E-state index is 15.3. The van der Waals surface area contributed by atoms with Crippen molar-refractivity contribution in [2.24, 2.45) is 0 Å². The Kier molecular flexibility index (Phi) is 6.41. The van der Waals surface area contributed by atoms with Gasteiger partial charge in [-0.25, -0.2) is 17.8 Å². The Hall–Kier alpha value is -3.72. The Morgan fingerprint density at radius 3 is 2.62 bits per heavy atom. The molecule has 1 N–H and O–H groups in total. The van der Waals surface area contributed by atoms with Gasteiger partial charge in [0, 0.05) is 29.2 Å². The van der Waals surface area contributed by atoms with Gasteiger partial charge < -0.3 is 14.6 Å². The molecule has 2 heterocycles. The molecule has 6 rings (SSSR count). The van der Waals surface area contributed by atoms with Gasteiger partial charge in [0.25, 0.3) is 5.91 Å². The lowest BCUT2D eigenvalue weighted by atomic mass is 10.0. The molecular formula is C30H30FN3O4S. The molecule has 0 saturated heterocycles. The van der Waals surface area contributed by atoms with Crippen LogP contribution in [-0.2, 0) is 22.8 Å². The van der Waals surface area contributed by atoms with Crippen molar-refractivity contribution >= 4 is 26.8 Å². The van der Waals surface area contributed by atoms with E-state index in [9.17, 15) is 13.2 Å². The number of carbonyl (C=O) groups excluding carboxylic acids is 1. The van der Waals surface area contributed by atoms with E-state index in [0.717, 1.165) is 33.5 Å². The Morgan fingerprint density at radius 2 is 1.87 bits per heavy atom. The fourth-order valence-electron chi connectivity index (χ4n) is 5.22. The molecule has 4 aromatic rings. The first-order valence-corrected chi connectivity index (χ1v) is 15.0. The van der Waals surface area contributed by atoms with E-state index < -0.39 is 15.7 Å². The van der Waals surface area contributed by atoms with Gasteiger partial charge in [0.05, 0.1) is 23.3 Å². The smallest absolute Gasteiger partial charge is 0.254 e. The van der Waals surface area contributed by atoms with Gasteiger partial charge in [-0.2, -0.15) is 0 Å². The van der Waals surface area contributed by atoms with Crippen LogP contribution in [0.15, 0.2) is 53.4 Å². The van der Waals surface area contributed by atoms with Crippen LogP contribution in [0.4, 0.5) is 4.39 Å². The summed E-state index contributed by atoms with van der Waals surface area (Å²) in [6.07, 6.45) is 2.56. The summed E-state index contributed by atoms with van der Waals surface area (Å²) in [5, 5.41) is 0. The zero-order chi connectivity index (χ0) is 27.3. The predicted octanol–water partition coefficient (Wildman–Crippen LogP) is 5.64. The number of nitrogens with one attached hydrogen (secondary N) is 1. The summed E-state index contributed by atoms with van der Waals surface area (Å²) in [7, 11) is -3.75. The van der Waals surface area contributed by atoms with Gasteiger partial charge in [0.1, 0.15) is 28.9 Å². The lowest BCUT2D eigenvalue weighted by Crippen LogP contribution is -2.33. The normalized spacial score (nSPS) is 15.6. The predicted molar refractivity (Wildman–Crippen MR) is 147 cm³/mol. The average molecular weight is 548 g/mol. The first kappa shape index (κ1) is 25.6. The fourth-order valence-corrected chi connectivity index (χ4v) is 6.20. The molecule has 0 unspecified atom stereocenters. The van der Waals surface area contributed by atoms with Crippen LogP contribution >= 0.6 is 0 Å². The van der Waals surface area contributed by atoms with Crippen LogP contribution in [0.25, 0.3) is 22.2 Å². The molecule has 1 fully saturated rings. The van der Waals surface area contributed by atoms with E-state index in [1.54, 1.807) is 11.8 Å². The van der Waals surface area contributed by atoms with E-state index in [-0.39, 0.29) is 34.1 Å². The van der Waals surface area contributed by atoms with Gasteiger partial charge in [-0.15, -0.1) is 0 Å². The second kappa shape index (κ2) is 9.79. The van der Waals surface area contributed by atoms with E-state index >= 15 is 4.39 Å². The number of hydrogen-bond donors (Lipinski definition) is 1. The lowest BCUT2D eigenvalue weighted by molar-refractivity contribution is 0.0731. The number of nitrogens with zero attached hydrogens (tertiary/aromatic N) is 2. The van der Waals surface area contributed by atoms with Crippen LogP contribution in [0, 0.1) is 5.82 Å². The van der Waals surface area contributed by atoms with Crippen LogP contribution in [0.1, 0.15) is 59.9 Å². The van der Waals surface area contributed by atoms with Crippen LogP contribution in [-0.4, -0.2) is 48.1 Å². The molecule has 202 valence electrons. The number of imidazole rings is 1. The van der Waals surface area contributed by atoms with Crippen molar-refractivity contribution in [2.45, 2.75) is 50.5 Å². The Morgan fingerprint density at radius 1 is 1.10 bits per heavy atom. The number of aromatic nitrogens is 2. The molecule has 1 aromatic heterocycles. The molecule has 2 aliphatic rings. The minimum Gasteiger partial charge on any atom is -0.491 e. The zero-order valence-electron chi connectivity index (χ0n) is 22.0. The highest BCUT2D eigenvalue weighted by atomic mass is 32.2. The third-order valence-corrected chi connectivity index (χ3v) is 9.38. The minimum absolute atomic E-state index is 0.118. The van der Waals surface area contributed by atoms with E-state index in [1.165, 1.54) is 31.9 Å². The lowest BCUT2D eigenvalue weighted by Gasteiger charge is -2.22. The highest BCUT2D eigenvalue weighted by Crippen LogP contribution is 2.39. The highest BCUT2D eigenvalue weighted by Gasteiger charge is 2.28. The molecule has 1 amide bonds. The summed E-state index contributed by atoms with van der Waals surface area (Å²) in [5.74, 6) is 0.909. The monoisotopic (exact) mass is 547 g/mol. The largest absolute Gasteiger partial charge is 0.491 e. The van der Waals surface area contributed by atoms with Gasteiger partial charge in [-0.3, -0.25) is 4.79 Å². The Bertz CT molecular complexity index is 1710. The Labute approximate surface area is 226 Å². The van der Waals surface area contributed by atoms with Crippen molar-refractivity contribution in [2.75, 3.05) is 18.9 Å². The number of H-pyrrole nitrogens is 1. The molecule has 0 bridgehead atoms. The number of ether oxygens (including phenoxy) is 1. The van der Waals surface area contributed by atoms with Gasteiger partial charge in [-0.05, 0) is 66.8 Å². The fraction of sp³-hybridized carbons (Fsp3) is 0.333. The van der Waals surface area contributed by atoms with E-state index in [1.807, 2.05) is 30.3 Å². The number of benzene rings is 3. The number of halogens is 1. The van der Waals surface area contributed by atoms with Crippen LogP contribution in [0.5, 0.6) is 5.75 Å². The minimum atomic E-state index is -3.75. The van der Waals surface area contributed by atoms with Crippen LogP contribution in [0.2, 0.25) is 0 Å². The maximum Gasteiger partial charge on any atom is 0.254 e. The molecule has 39 heavy (non-hydrogen) atoms. The summed E-state index contributed by atoms with van der Waals surface area (Å²) in [6, 6.07) is 14.8. The van der Waals surface area contributed by atoms with Gasteiger partial charge in [0.15, 0.2) is 9.84 Å². The standard InChI is InChI=1S/C30H30FN3O4S/c1-3-22-23(9-12-27(28(22)31)39(36,37)4-2)30(35)34-13-14-38-26-11-8-19(15-21(26)17-34)20-7-10-24-25(16-20)33-29(32-24)18-5-6-18/h7-12,15-16,18H,3-6,13-14,17H2,1-2H3,(H,32,33). The van der Waals surface area contributed by atoms with Crippen molar-refractivity contribution in [1.29, 1.82) is 0 Å². The number of aromatic amines is 1. The highest BCUT2D eigenvalue weighted by molar-refractivity contribution is 7.91. The molecule has 0 atom stereocenters. The van der Waals surface area contributed by atoms with Crippen molar-refractivity contribution in [3.63, 3.8) is 0 Å². The number of fused-ring (bicyclic) bond motifs is 2. The third-order valence-electron chi connectivity index (χ3n) is 7.63. The summed E-state index contributed by atoms with van der Waals surface area (Å²) >= 11 is 0. The molecule has 9 heteroatoms. The first-order chi connectivity index (χ1) is 18.8. The van der Waals surface area contributed by atoms with Gasteiger partial charge in [0.2, 0.25) is 0 Å². The maximum absolute atomic E-state index is 15.3. The molecule has 3 aromatic carbocycles. The number of carbonyl (C=O) groups is 1. The molecule has 0 spiro atoms. The van der Waals surface area contributed by atoms with Crippen molar-refractivity contribution in [3.8, 4) is 16.9 Å². The van der Waals surface area contributed by atoms with Gasteiger partial charge in [-0.1, -0.05) is 26.0 Å². The van der Waals surface area contributed by atoms with Crippen molar-refractivity contribution < 1.29 is 22.3 Å². The summed E-state index contributed by atoms with van der Waals surface area (Å²) in [5.41, 5.74) is 5.12. The Balaban J connectivity index is 1.31. The average Bonchev–Trinajstić information content (AvgIpc) is 3.74. The van der Waals surface area contributed by atoms with Crippen molar-refractivity contribution in [3.05, 3.63) is 76.9 Å². The number of sulfone groups is 1. The summed E-state index contributed by atoms with van der Waals surface area (Å²) in [6.45, 7) is 4.11. The second-order valence-corrected chi connectivity index (χ2v) is 12.4. The number of amides is 1. The zero-order valence-corrected chi connectivity index (χ0v) is 22.8. The second-order valence-electron chi connectivity index (χ2n) is 10.2. The van der Waals surface area contributed by atoms with E-state index in [0.29, 0.717) is 31.4 Å². The molecule has 0 radical (unpaired) electrons. The van der Waals surface area contributed by atoms with E-state index in [2.05, 4.69) is 11.1 Å². The topological polar surface area (TPSA) is 92.4 Å². The quantitative estimate of drug-likeness (QED) is 0.337. The molecule has 1 aliphatic heterocycles. The number of rotatable bonds is 6.